The summed E-state index contributed by atoms with van der Waals surface area (Å²) < 4.78 is 1.99. The van der Waals surface area contributed by atoms with Crippen LogP contribution in [0.1, 0.15) is 11.4 Å². The lowest BCUT2D eigenvalue weighted by molar-refractivity contribution is 0.180. The molecule has 126 valence electrons. The summed E-state index contributed by atoms with van der Waals surface area (Å²) in [5.74, 6) is 0.958. The predicted molar refractivity (Wildman–Crippen MR) is 93.4 cm³/mol. The SMILES string of the molecule is Cn1ccnc1CN(CCO)Cc1cn[nH]c1-c1ccc(Cl)cc1. The van der Waals surface area contributed by atoms with Gasteiger partial charge in [-0.15, -0.1) is 0 Å². The minimum absolute atomic E-state index is 0.0958. The van der Waals surface area contributed by atoms with Crippen LogP contribution in [0, 0.1) is 0 Å². The van der Waals surface area contributed by atoms with Gasteiger partial charge in [0.25, 0.3) is 0 Å². The van der Waals surface area contributed by atoms with E-state index in [1.807, 2.05) is 48.3 Å². The zero-order chi connectivity index (χ0) is 16.9. The molecule has 0 saturated heterocycles. The molecule has 0 fully saturated rings. The molecule has 0 unspecified atom stereocenters. The van der Waals surface area contributed by atoms with Crippen LogP contribution in [0.15, 0.2) is 42.9 Å². The smallest absolute Gasteiger partial charge is 0.122 e. The second kappa shape index (κ2) is 7.61. The van der Waals surface area contributed by atoms with Crippen molar-refractivity contribution >= 4 is 11.6 Å². The highest BCUT2D eigenvalue weighted by Crippen LogP contribution is 2.24. The van der Waals surface area contributed by atoms with E-state index in [0.717, 1.165) is 22.6 Å². The molecule has 24 heavy (non-hydrogen) atoms. The van der Waals surface area contributed by atoms with E-state index < -0.39 is 0 Å². The minimum atomic E-state index is 0.0958. The lowest BCUT2D eigenvalue weighted by Crippen LogP contribution is -2.27. The van der Waals surface area contributed by atoms with Gasteiger partial charge in [0.2, 0.25) is 0 Å². The van der Waals surface area contributed by atoms with Gasteiger partial charge in [-0.25, -0.2) is 4.98 Å². The molecule has 0 aliphatic heterocycles. The first-order chi connectivity index (χ1) is 11.7. The summed E-state index contributed by atoms with van der Waals surface area (Å²) in [4.78, 5) is 6.50. The first-order valence-corrected chi connectivity index (χ1v) is 8.12. The number of aliphatic hydroxyl groups is 1. The van der Waals surface area contributed by atoms with Crippen molar-refractivity contribution in [3.05, 3.63) is 59.3 Å². The molecule has 7 heteroatoms. The standard InChI is InChI=1S/C17H20ClN5O/c1-22-7-6-19-16(22)12-23(8-9-24)11-14-10-20-21-17(14)13-2-4-15(18)5-3-13/h2-7,10,24H,8-9,11-12H2,1H3,(H,20,21). The molecule has 6 nitrogen and oxygen atoms in total. The molecule has 0 bridgehead atoms. The highest BCUT2D eigenvalue weighted by atomic mass is 35.5. The Labute approximate surface area is 145 Å². The predicted octanol–water partition coefficient (Wildman–Crippen LogP) is 2.46. The summed E-state index contributed by atoms with van der Waals surface area (Å²) in [5, 5.41) is 17.3. The van der Waals surface area contributed by atoms with Crippen LogP contribution in [0.2, 0.25) is 5.02 Å². The van der Waals surface area contributed by atoms with Gasteiger partial charge in [0.05, 0.1) is 25.0 Å². The number of nitrogens with zero attached hydrogens (tertiary/aromatic N) is 4. The van der Waals surface area contributed by atoms with Crippen molar-refractivity contribution in [2.24, 2.45) is 7.05 Å². The van der Waals surface area contributed by atoms with E-state index in [-0.39, 0.29) is 6.61 Å². The zero-order valence-corrected chi connectivity index (χ0v) is 14.2. The van der Waals surface area contributed by atoms with Gasteiger partial charge < -0.3 is 9.67 Å². The fourth-order valence-corrected chi connectivity index (χ4v) is 2.77. The Hall–Kier alpha value is -2.15. The van der Waals surface area contributed by atoms with Gasteiger partial charge in [0, 0.05) is 43.1 Å². The summed E-state index contributed by atoms with van der Waals surface area (Å²) in [6.07, 6.45) is 5.53. The van der Waals surface area contributed by atoms with Gasteiger partial charge >= 0.3 is 0 Å². The Balaban J connectivity index is 1.79. The van der Waals surface area contributed by atoms with Crippen LogP contribution >= 0.6 is 11.6 Å². The molecule has 0 spiro atoms. The number of aryl methyl sites for hydroxylation is 1. The Morgan fingerprint density at radius 3 is 2.71 bits per heavy atom. The molecule has 2 aromatic heterocycles. The van der Waals surface area contributed by atoms with E-state index in [4.69, 9.17) is 11.6 Å². The van der Waals surface area contributed by atoms with Gasteiger partial charge in [-0.2, -0.15) is 5.10 Å². The molecule has 3 rings (SSSR count). The molecular formula is C17H20ClN5O. The molecule has 2 heterocycles. The van der Waals surface area contributed by atoms with Crippen LogP contribution in [0.25, 0.3) is 11.3 Å². The first-order valence-electron chi connectivity index (χ1n) is 7.75. The van der Waals surface area contributed by atoms with Crippen molar-refractivity contribution in [2.75, 3.05) is 13.2 Å². The molecular weight excluding hydrogens is 326 g/mol. The number of imidazole rings is 1. The molecule has 2 N–H and O–H groups in total. The van der Waals surface area contributed by atoms with Crippen LogP contribution in [0.5, 0.6) is 0 Å². The molecule has 0 aliphatic rings. The Morgan fingerprint density at radius 1 is 1.25 bits per heavy atom. The van der Waals surface area contributed by atoms with Gasteiger partial charge in [0.15, 0.2) is 0 Å². The quantitative estimate of drug-likeness (QED) is 0.690. The Bertz CT molecular complexity index is 780. The maximum absolute atomic E-state index is 9.37. The Kier molecular flexibility index (Phi) is 5.30. The summed E-state index contributed by atoms with van der Waals surface area (Å²) in [6, 6.07) is 7.66. The number of benzene rings is 1. The van der Waals surface area contributed by atoms with Crippen LogP contribution in [0.4, 0.5) is 0 Å². The van der Waals surface area contributed by atoms with Crippen LogP contribution in [-0.4, -0.2) is 42.9 Å². The van der Waals surface area contributed by atoms with E-state index in [1.54, 1.807) is 6.20 Å². The second-order valence-corrected chi connectivity index (χ2v) is 6.10. The van der Waals surface area contributed by atoms with Crippen molar-refractivity contribution in [2.45, 2.75) is 13.1 Å². The van der Waals surface area contributed by atoms with E-state index in [1.165, 1.54) is 0 Å². The number of rotatable bonds is 7. The van der Waals surface area contributed by atoms with Crippen molar-refractivity contribution < 1.29 is 5.11 Å². The third-order valence-corrected chi connectivity index (χ3v) is 4.20. The highest BCUT2D eigenvalue weighted by Gasteiger charge is 2.14. The largest absolute Gasteiger partial charge is 0.395 e. The first kappa shape index (κ1) is 16.7. The number of halogens is 1. The summed E-state index contributed by atoms with van der Waals surface area (Å²) in [7, 11) is 1.97. The van der Waals surface area contributed by atoms with Gasteiger partial charge in [-0.1, -0.05) is 23.7 Å². The third kappa shape index (κ3) is 3.84. The van der Waals surface area contributed by atoms with Crippen molar-refractivity contribution in [1.29, 1.82) is 0 Å². The van der Waals surface area contributed by atoms with E-state index in [0.29, 0.717) is 24.7 Å². The van der Waals surface area contributed by atoms with Gasteiger partial charge in [-0.3, -0.25) is 10.00 Å². The second-order valence-electron chi connectivity index (χ2n) is 5.67. The fraction of sp³-hybridized carbons (Fsp3) is 0.294. The number of hydrogen-bond donors (Lipinski definition) is 2. The lowest BCUT2D eigenvalue weighted by Gasteiger charge is -2.21. The molecule has 0 atom stereocenters. The lowest BCUT2D eigenvalue weighted by atomic mass is 10.1. The average Bonchev–Trinajstić information content (AvgIpc) is 3.18. The monoisotopic (exact) mass is 345 g/mol. The third-order valence-electron chi connectivity index (χ3n) is 3.95. The molecule has 1 aromatic carbocycles. The fourth-order valence-electron chi connectivity index (χ4n) is 2.64. The summed E-state index contributed by atoms with van der Waals surface area (Å²) in [5.41, 5.74) is 3.07. The number of aromatic amines is 1. The van der Waals surface area contributed by atoms with Crippen molar-refractivity contribution in [3.63, 3.8) is 0 Å². The number of H-pyrrole nitrogens is 1. The average molecular weight is 346 g/mol. The summed E-state index contributed by atoms with van der Waals surface area (Å²) in [6.45, 7) is 1.99. The summed E-state index contributed by atoms with van der Waals surface area (Å²) >= 11 is 5.96. The normalized spacial score (nSPS) is 11.3. The maximum Gasteiger partial charge on any atom is 0.122 e. The highest BCUT2D eigenvalue weighted by molar-refractivity contribution is 6.30. The number of aromatic nitrogens is 4. The molecule has 3 aromatic rings. The maximum atomic E-state index is 9.37. The number of hydrogen-bond acceptors (Lipinski definition) is 4. The molecule has 0 saturated carbocycles. The van der Waals surface area contributed by atoms with Crippen molar-refractivity contribution in [3.8, 4) is 11.3 Å². The Morgan fingerprint density at radius 2 is 2.04 bits per heavy atom. The number of aliphatic hydroxyl groups excluding tert-OH is 1. The topological polar surface area (TPSA) is 70.0 Å². The van der Waals surface area contributed by atoms with Gasteiger partial charge in [-0.05, 0) is 17.7 Å². The minimum Gasteiger partial charge on any atom is -0.395 e. The molecule has 0 aliphatic carbocycles. The van der Waals surface area contributed by atoms with E-state index in [9.17, 15) is 5.11 Å². The van der Waals surface area contributed by atoms with Crippen LogP contribution in [0.3, 0.4) is 0 Å². The van der Waals surface area contributed by atoms with E-state index in [2.05, 4.69) is 20.1 Å². The van der Waals surface area contributed by atoms with Crippen LogP contribution in [-0.2, 0) is 20.1 Å². The van der Waals surface area contributed by atoms with Crippen molar-refractivity contribution in [1.82, 2.24) is 24.6 Å². The van der Waals surface area contributed by atoms with E-state index >= 15 is 0 Å². The molecule has 0 amide bonds. The zero-order valence-electron chi connectivity index (χ0n) is 13.5. The number of nitrogens with one attached hydrogen (secondary N) is 1. The van der Waals surface area contributed by atoms with Crippen LogP contribution < -0.4 is 0 Å². The molecule has 0 radical (unpaired) electrons. The van der Waals surface area contributed by atoms with Gasteiger partial charge in [0.1, 0.15) is 5.82 Å².